The molecule has 2 aliphatic rings. The molecule has 2 fully saturated rings. The van der Waals surface area contributed by atoms with Gasteiger partial charge in [-0.1, -0.05) is 6.08 Å². The topological polar surface area (TPSA) is 36.0 Å². The molecule has 0 radical (unpaired) electrons. The quantitative estimate of drug-likeness (QED) is 0.688. The molecule has 19 heavy (non-hydrogen) atoms. The molecule has 0 aromatic rings. The van der Waals surface area contributed by atoms with Gasteiger partial charge in [0.2, 0.25) is 0 Å². The number of ether oxygens (including phenoxy) is 1. The number of nitrogens with zero attached hydrogens (tertiary/aromatic N) is 3. The average molecular weight is 267 g/mol. The molecule has 0 aromatic heterocycles. The van der Waals surface area contributed by atoms with Crippen LogP contribution >= 0.6 is 0 Å². The molecule has 0 saturated carbocycles. The van der Waals surface area contributed by atoms with Crippen molar-refractivity contribution < 1.29 is 9.53 Å². The largest absolute Gasteiger partial charge is 0.370 e. The summed E-state index contributed by atoms with van der Waals surface area (Å²) in [6, 6.07) is 0.632. The minimum atomic E-state index is 0.102. The highest BCUT2D eigenvalue weighted by molar-refractivity contribution is 5.77. The predicted octanol–water partition coefficient (Wildman–Crippen LogP) is 0.733. The van der Waals surface area contributed by atoms with Gasteiger partial charge in [-0.05, 0) is 26.3 Å². The van der Waals surface area contributed by atoms with Gasteiger partial charge in [-0.2, -0.15) is 0 Å². The zero-order chi connectivity index (χ0) is 13.7. The van der Waals surface area contributed by atoms with Crippen molar-refractivity contribution in [1.82, 2.24) is 14.9 Å². The van der Waals surface area contributed by atoms with E-state index in [0.717, 1.165) is 38.9 Å². The van der Waals surface area contributed by atoms with Gasteiger partial charge in [-0.15, -0.1) is 6.58 Å². The van der Waals surface area contributed by atoms with E-state index < -0.39 is 0 Å². The second-order valence-corrected chi connectivity index (χ2v) is 5.31. The number of rotatable bonds is 5. The molecule has 108 valence electrons. The lowest BCUT2D eigenvalue weighted by Gasteiger charge is -2.43. The van der Waals surface area contributed by atoms with Crippen LogP contribution in [0.25, 0.3) is 0 Å². The predicted molar refractivity (Wildman–Crippen MR) is 74.6 cm³/mol. The van der Waals surface area contributed by atoms with E-state index in [0.29, 0.717) is 19.2 Å². The van der Waals surface area contributed by atoms with Gasteiger partial charge in [-0.3, -0.25) is 9.80 Å². The molecule has 0 unspecified atom stereocenters. The highest BCUT2D eigenvalue weighted by atomic mass is 16.5. The first-order valence-corrected chi connectivity index (χ1v) is 7.16. The zero-order valence-electron chi connectivity index (χ0n) is 11.9. The number of piperidine rings is 1. The summed E-state index contributed by atoms with van der Waals surface area (Å²) in [4.78, 5) is 14.2. The molecule has 1 amide bonds. The van der Waals surface area contributed by atoms with Crippen LogP contribution in [0.15, 0.2) is 12.7 Å². The van der Waals surface area contributed by atoms with Crippen LogP contribution < -0.4 is 0 Å². The van der Waals surface area contributed by atoms with Gasteiger partial charge in [0.25, 0.3) is 5.91 Å². The number of hydrogen-bond donors (Lipinski definition) is 0. The van der Waals surface area contributed by atoms with Crippen LogP contribution in [0, 0.1) is 0 Å². The molecule has 0 aliphatic carbocycles. The smallest absolute Gasteiger partial charge is 0.262 e. The first-order chi connectivity index (χ1) is 9.22. The maximum atomic E-state index is 11.8. The van der Waals surface area contributed by atoms with Crippen molar-refractivity contribution in [2.45, 2.75) is 25.3 Å². The van der Waals surface area contributed by atoms with Gasteiger partial charge in [0, 0.05) is 25.7 Å². The number of hydrogen-bond acceptors (Lipinski definition) is 4. The van der Waals surface area contributed by atoms with E-state index in [4.69, 9.17) is 4.74 Å². The molecule has 2 aliphatic heterocycles. The number of carbonyl (C=O) groups excluding carboxylic acids is 1. The van der Waals surface area contributed by atoms with Gasteiger partial charge < -0.3 is 9.64 Å². The highest BCUT2D eigenvalue weighted by Crippen LogP contribution is 2.18. The molecule has 5 heteroatoms. The standard InChI is InChI=1S/C14H25N3O2/c1-3-4-7-15(2)13-5-8-16(9-6-13)17-10-11-19-12-14(17)18/h3,13H,1,4-12H2,2H3. The van der Waals surface area contributed by atoms with Crippen molar-refractivity contribution in [3.8, 4) is 0 Å². The molecule has 2 rings (SSSR count). The van der Waals surface area contributed by atoms with E-state index in [1.807, 2.05) is 11.1 Å². The Balaban J connectivity index is 1.78. The Bertz CT molecular complexity index is 314. The summed E-state index contributed by atoms with van der Waals surface area (Å²) in [5.74, 6) is 0.102. The van der Waals surface area contributed by atoms with E-state index in [1.165, 1.54) is 0 Å². The molecule has 0 N–H and O–H groups in total. The van der Waals surface area contributed by atoms with Crippen LogP contribution in [0.5, 0.6) is 0 Å². The first kappa shape index (κ1) is 14.5. The Morgan fingerprint density at radius 1 is 1.42 bits per heavy atom. The molecular formula is C14H25N3O2. The number of amides is 1. The van der Waals surface area contributed by atoms with Crippen LogP contribution in [-0.4, -0.2) is 73.3 Å². The van der Waals surface area contributed by atoms with Gasteiger partial charge in [0.05, 0.1) is 13.2 Å². The minimum Gasteiger partial charge on any atom is -0.370 e. The van der Waals surface area contributed by atoms with Crippen molar-refractivity contribution in [3.63, 3.8) is 0 Å². The maximum Gasteiger partial charge on any atom is 0.262 e. The third-order valence-electron chi connectivity index (χ3n) is 4.05. The molecule has 0 atom stereocenters. The third-order valence-corrected chi connectivity index (χ3v) is 4.05. The van der Waals surface area contributed by atoms with Crippen LogP contribution in [-0.2, 0) is 9.53 Å². The summed E-state index contributed by atoms with van der Waals surface area (Å²) < 4.78 is 5.17. The second-order valence-electron chi connectivity index (χ2n) is 5.31. The van der Waals surface area contributed by atoms with Crippen molar-refractivity contribution in [2.75, 3.05) is 46.4 Å². The Kier molecular flexibility index (Phi) is 5.36. The lowest BCUT2D eigenvalue weighted by atomic mass is 10.0. The molecule has 2 heterocycles. The zero-order valence-corrected chi connectivity index (χ0v) is 11.9. The Labute approximate surface area is 115 Å². The average Bonchev–Trinajstić information content (AvgIpc) is 2.45. The summed E-state index contributed by atoms with van der Waals surface area (Å²) in [5, 5.41) is 4.08. The summed E-state index contributed by atoms with van der Waals surface area (Å²) >= 11 is 0. The van der Waals surface area contributed by atoms with Crippen molar-refractivity contribution >= 4 is 5.91 Å². The summed E-state index contributed by atoms with van der Waals surface area (Å²) in [5.41, 5.74) is 0. The van der Waals surface area contributed by atoms with Crippen LogP contribution in [0.2, 0.25) is 0 Å². The van der Waals surface area contributed by atoms with Crippen LogP contribution in [0.3, 0.4) is 0 Å². The Morgan fingerprint density at radius 2 is 2.16 bits per heavy atom. The highest BCUT2D eigenvalue weighted by Gasteiger charge is 2.29. The molecule has 0 spiro atoms. The number of morpholine rings is 1. The summed E-state index contributed by atoms with van der Waals surface area (Å²) in [6.07, 6.45) is 5.26. The maximum absolute atomic E-state index is 11.8. The molecule has 2 saturated heterocycles. The second kappa shape index (κ2) is 7.03. The van der Waals surface area contributed by atoms with Gasteiger partial charge in [0.1, 0.15) is 6.61 Å². The number of hydrazine groups is 1. The first-order valence-electron chi connectivity index (χ1n) is 7.16. The fraction of sp³-hybridized carbons (Fsp3) is 0.786. The minimum absolute atomic E-state index is 0.102. The Hall–Kier alpha value is -0.910. The lowest BCUT2D eigenvalue weighted by molar-refractivity contribution is -0.168. The van der Waals surface area contributed by atoms with Crippen molar-refractivity contribution in [2.24, 2.45) is 0 Å². The fourth-order valence-corrected chi connectivity index (χ4v) is 2.82. The van der Waals surface area contributed by atoms with Gasteiger partial charge in [-0.25, -0.2) is 5.01 Å². The van der Waals surface area contributed by atoms with Crippen LogP contribution in [0.4, 0.5) is 0 Å². The third kappa shape index (κ3) is 3.78. The molecular weight excluding hydrogens is 242 g/mol. The van der Waals surface area contributed by atoms with E-state index in [2.05, 4.69) is 23.5 Å². The number of carbonyl (C=O) groups is 1. The Morgan fingerprint density at radius 3 is 2.79 bits per heavy atom. The van der Waals surface area contributed by atoms with Gasteiger partial charge >= 0.3 is 0 Å². The van der Waals surface area contributed by atoms with Crippen LogP contribution in [0.1, 0.15) is 19.3 Å². The SMILES string of the molecule is C=CCCN(C)C1CCN(N2CCOCC2=O)CC1. The van der Waals surface area contributed by atoms with E-state index in [9.17, 15) is 4.79 Å². The van der Waals surface area contributed by atoms with Crippen molar-refractivity contribution in [3.05, 3.63) is 12.7 Å². The monoisotopic (exact) mass is 267 g/mol. The fourth-order valence-electron chi connectivity index (χ4n) is 2.82. The normalized spacial score (nSPS) is 23.1. The van der Waals surface area contributed by atoms with Crippen molar-refractivity contribution in [1.29, 1.82) is 0 Å². The van der Waals surface area contributed by atoms with E-state index in [-0.39, 0.29) is 12.5 Å². The lowest BCUT2D eigenvalue weighted by Crippen LogP contribution is -2.56. The summed E-state index contributed by atoms with van der Waals surface area (Å²) in [7, 11) is 2.18. The molecule has 0 bridgehead atoms. The van der Waals surface area contributed by atoms with E-state index in [1.54, 1.807) is 0 Å². The van der Waals surface area contributed by atoms with E-state index >= 15 is 0 Å². The molecule has 0 aromatic carbocycles. The van der Waals surface area contributed by atoms with Gasteiger partial charge in [0.15, 0.2) is 0 Å². The molecule has 5 nitrogen and oxygen atoms in total. The summed E-state index contributed by atoms with van der Waals surface area (Å²) in [6.45, 7) is 8.37.